The smallest absolute Gasteiger partial charge is 0.315 e. The van der Waals surface area contributed by atoms with Crippen molar-refractivity contribution in [1.82, 2.24) is 15.6 Å². The summed E-state index contributed by atoms with van der Waals surface area (Å²) in [6.07, 6.45) is 5.89. The van der Waals surface area contributed by atoms with Crippen molar-refractivity contribution < 1.29 is 9.90 Å². The summed E-state index contributed by atoms with van der Waals surface area (Å²) in [5.74, 6) is 0. The quantitative estimate of drug-likeness (QED) is 0.798. The van der Waals surface area contributed by atoms with Crippen LogP contribution in [0.1, 0.15) is 55.5 Å². The van der Waals surface area contributed by atoms with E-state index in [4.69, 9.17) is 0 Å². The molecule has 0 bridgehead atoms. The van der Waals surface area contributed by atoms with Gasteiger partial charge < -0.3 is 15.7 Å². The maximum atomic E-state index is 11.9. The Kier molecular flexibility index (Phi) is 5.37. The van der Waals surface area contributed by atoms with Gasteiger partial charge >= 0.3 is 6.03 Å². The first-order chi connectivity index (χ1) is 9.58. The lowest BCUT2D eigenvalue weighted by atomic mass is 9.93. The Balaban J connectivity index is 1.78. The van der Waals surface area contributed by atoms with Crippen molar-refractivity contribution in [3.63, 3.8) is 0 Å². The summed E-state index contributed by atoms with van der Waals surface area (Å²) in [5, 5.41) is 16.3. The first-order valence-electron chi connectivity index (χ1n) is 7.28. The molecule has 1 aromatic rings. The van der Waals surface area contributed by atoms with Crippen LogP contribution in [0.3, 0.4) is 0 Å². The second-order valence-corrected chi connectivity index (χ2v) is 6.51. The summed E-state index contributed by atoms with van der Waals surface area (Å²) in [7, 11) is 0. The van der Waals surface area contributed by atoms with Gasteiger partial charge in [0.2, 0.25) is 0 Å². The maximum Gasteiger partial charge on any atom is 0.315 e. The van der Waals surface area contributed by atoms with Gasteiger partial charge in [-0.1, -0.05) is 6.92 Å². The lowest BCUT2D eigenvalue weighted by Gasteiger charge is -2.26. The summed E-state index contributed by atoms with van der Waals surface area (Å²) in [6.45, 7) is 4.04. The number of nitrogens with zero attached hydrogens (tertiary/aromatic N) is 1. The molecule has 5 nitrogen and oxygen atoms in total. The molecule has 20 heavy (non-hydrogen) atoms. The number of thiazole rings is 1. The third kappa shape index (κ3) is 4.18. The Morgan fingerprint density at radius 3 is 2.80 bits per heavy atom. The average molecular weight is 297 g/mol. The molecule has 1 unspecified atom stereocenters. The Bertz CT molecular complexity index is 441. The highest BCUT2D eigenvalue weighted by atomic mass is 32.1. The highest BCUT2D eigenvalue weighted by molar-refractivity contribution is 7.11. The molecule has 1 saturated carbocycles. The molecule has 0 aromatic carbocycles. The molecule has 2 rings (SSSR count). The Morgan fingerprint density at radius 2 is 2.20 bits per heavy atom. The van der Waals surface area contributed by atoms with Gasteiger partial charge in [-0.3, -0.25) is 0 Å². The topological polar surface area (TPSA) is 74.2 Å². The van der Waals surface area contributed by atoms with Crippen LogP contribution in [0.25, 0.3) is 0 Å². The molecule has 0 radical (unpaired) electrons. The number of aryl methyl sites for hydroxylation is 1. The Hall–Kier alpha value is -1.14. The monoisotopic (exact) mass is 297 g/mol. The van der Waals surface area contributed by atoms with E-state index in [9.17, 15) is 9.90 Å². The summed E-state index contributed by atoms with van der Waals surface area (Å²) >= 11 is 1.64. The van der Waals surface area contributed by atoms with E-state index in [-0.39, 0.29) is 24.2 Å². The van der Waals surface area contributed by atoms with Gasteiger partial charge in [-0.2, -0.15) is 0 Å². The first kappa shape index (κ1) is 15.3. The predicted octanol–water partition coefficient (Wildman–Crippen LogP) is 2.37. The van der Waals surface area contributed by atoms with Crippen LogP contribution in [0, 0.1) is 0 Å². The zero-order valence-corrected chi connectivity index (χ0v) is 12.9. The molecular formula is C14H23N3O2S. The van der Waals surface area contributed by atoms with Crippen molar-refractivity contribution >= 4 is 17.4 Å². The van der Waals surface area contributed by atoms with E-state index in [1.54, 1.807) is 11.3 Å². The van der Waals surface area contributed by atoms with Crippen molar-refractivity contribution in [2.45, 2.75) is 64.1 Å². The van der Waals surface area contributed by atoms with Gasteiger partial charge in [0, 0.05) is 17.1 Å². The number of rotatable bonds is 4. The molecule has 6 heteroatoms. The van der Waals surface area contributed by atoms with Gasteiger partial charge in [-0.05, 0) is 39.0 Å². The van der Waals surface area contributed by atoms with E-state index in [1.165, 1.54) is 4.88 Å². The molecule has 1 aliphatic carbocycles. The minimum absolute atomic E-state index is 0.0746. The van der Waals surface area contributed by atoms with E-state index in [2.05, 4.69) is 22.5 Å². The number of aliphatic hydroxyl groups is 1. The van der Waals surface area contributed by atoms with Gasteiger partial charge in [0.25, 0.3) is 0 Å². The summed E-state index contributed by atoms with van der Waals surface area (Å²) in [5.41, 5.74) is 0. The fraction of sp³-hybridized carbons (Fsp3) is 0.714. The van der Waals surface area contributed by atoms with Crippen LogP contribution in [0.5, 0.6) is 0 Å². The molecule has 1 heterocycles. The lowest BCUT2D eigenvalue weighted by molar-refractivity contribution is 0.117. The minimum Gasteiger partial charge on any atom is -0.393 e. The predicted molar refractivity (Wildman–Crippen MR) is 79.8 cm³/mol. The van der Waals surface area contributed by atoms with Crippen LogP contribution >= 0.6 is 11.3 Å². The normalized spacial score (nSPS) is 24.1. The molecule has 1 atom stereocenters. The first-order valence-corrected chi connectivity index (χ1v) is 8.09. The second-order valence-electron chi connectivity index (χ2n) is 5.36. The Morgan fingerprint density at radius 1 is 1.50 bits per heavy atom. The zero-order chi connectivity index (χ0) is 14.5. The van der Waals surface area contributed by atoms with Crippen LogP contribution in [0.15, 0.2) is 6.20 Å². The third-order valence-corrected chi connectivity index (χ3v) is 4.99. The number of aromatic nitrogens is 1. The van der Waals surface area contributed by atoms with Crippen LogP contribution < -0.4 is 10.6 Å². The fourth-order valence-corrected chi connectivity index (χ4v) is 3.25. The molecule has 1 aromatic heterocycles. The number of hydrogen-bond donors (Lipinski definition) is 3. The lowest BCUT2D eigenvalue weighted by Crippen LogP contribution is -2.44. The van der Waals surface area contributed by atoms with E-state index < -0.39 is 0 Å². The van der Waals surface area contributed by atoms with Crippen LogP contribution in [0.2, 0.25) is 0 Å². The van der Waals surface area contributed by atoms with E-state index in [0.29, 0.717) is 0 Å². The molecule has 112 valence electrons. The summed E-state index contributed by atoms with van der Waals surface area (Å²) < 4.78 is 0. The van der Waals surface area contributed by atoms with E-state index in [1.807, 2.05) is 13.1 Å². The number of hydrogen-bond acceptors (Lipinski definition) is 4. The van der Waals surface area contributed by atoms with Crippen LogP contribution in [-0.2, 0) is 6.42 Å². The van der Waals surface area contributed by atoms with E-state index in [0.717, 1.165) is 37.1 Å². The molecular weight excluding hydrogens is 274 g/mol. The summed E-state index contributed by atoms with van der Waals surface area (Å²) in [4.78, 5) is 17.5. The molecule has 1 fully saturated rings. The number of nitrogens with one attached hydrogen (secondary N) is 2. The number of aliphatic hydroxyl groups excluding tert-OH is 1. The zero-order valence-electron chi connectivity index (χ0n) is 12.1. The van der Waals surface area contributed by atoms with Crippen LogP contribution in [-0.4, -0.2) is 28.3 Å². The molecule has 3 N–H and O–H groups in total. The standard InChI is InChI=1S/C14H23N3O2S/c1-3-12-8-15-13(20-12)9(2)16-14(19)17-10-4-6-11(18)7-5-10/h8-11,18H,3-7H2,1-2H3,(H2,16,17,19). The Labute approximate surface area is 123 Å². The largest absolute Gasteiger partial charge is 0.393 e. The van der Waals surface area contributed by atoms with E-state index >= 15 is 0 Å². The molecule has 0 aliphatic heterocycles. The van der Waals surface area contributed by atoms with Crippen molar-refractivity contribution in [2.75, 3.05) is 0 Å². The van der Waals surface area contributed by atoms with Gasteiger partial charge in [0.15, 0.2) is 0 Å². The highest BCUT2D eigenvalue weighted by Gasteiger charge is 2.21. The highest BCUT2D eigenvalue weighted by Crippen LogP contribution is 2.21. The van der Waals surface area contributed by atoms with Crippen molar-refractivity contribution in [3.05, 3.63) is 16.1 Å². The van der Waals surface area contributed by atoms with Gasteiger partial charge in [0.05, 0.1) is 12.1 Å². The SMILES string of the molecule is CCc1cnc(C(C)NC(=O)NC2CCC(O)CC2)s1. The average Bonchev–Trinajstić information content (AvgIpc) is 2.90. The summed E-state index contributed by atoms with van der Waals surface area (Å²) in [6, 6.07) is -0.0466. The van der Waals surface area contributed by atoms with Crippen LogP contribution in [0.4, 0.5) is 4.79 Å². The van der Waals surface area contributed by atoms with Crippen molar-refractivity contribution in [3.8, 4) is 0 Å². The molecule has 2 amide bonds. The third-order valence-electron chi connectivity index (χ3n) is 3.67. The van der Waals surface area contributed by atoms with Gasteiger partial charge in [-0.25, -0.2) is 9.78 Å². The number of urea groups is 1. The number of amides is 2. The van der Waals surface area contributed by atoms with Gasteiger partial charge in [-0.15, -0.1) is 11.3 Å². The molecule has 0 spiro atoms. The second kappa shape index (κ2) is 7.04. The van der Waals surface area contributed by atoms with Crippen molar-refractivity contribution in [2.24, 2.45) is 0 Å². The fourth-order valence-electron chi connectivity index (χ4n) is 2.39. The van der Waals surface area contributed by atoms with Crippen molar-refractivity contribution in [1.29, 1.82) is 0 Å². The minimum atomic E-state index is -0.196. The number of carbonyl (C=O) groups is 1. The maximum absolute atomic E-state index is 11.9. The number of carbonyl (C=O) groups excluding carboxylic acids is 1. The molecule has 0 saturated heterocycles. The van der Waals surface area contributed by atoms with Gasteiger partial charge in [0.1, 0.15) is 5.01 Å². The molecule has 1 aliphatic rings.